The van der Waals surface area contributed by atoms with E-state index in [1.165, 1.54) is 0 Å². The molecule has 2 rings (SSSR count). The SMILES string of the molecule is CNCC(=O)NCc1cccc(C(=O)NCC2CCCO2)c1.Cl. The second kappa shape index (κ2) is 10.2. The Labute approximate surface area is 142 Å². The van der Waals surface area contributed by atoms with Crippen molar-refractivity contribution in [2.24, 2.45) is 0 Å². The molecule has 0 saturated carbocycles. The summed E-state index contributed by atoms with van der Waals surface area (Å²) in [5, 5.41) is 8.47. The van der Waals surface area contributed by atoms with Gasteiger partial charge in [-0.05, 0) is 37.6 Å². The molecule has 0 radical (unpaired) electrons. The smallest absolute Gasteiger partial charge is 0.251 e. The van der Waals surface area contributed by atoms with E-state index in [1.807, 2.05) is 12.1 Å². The zero-order valence-electron chi connectivity index (χ0n) is 13.3. The standard InChI is InChI=1S/C16H23N3O3.ClH/c1-17-11-15(20)18-9-12-4-2-5-13(8-12)16(21)19-10-14-6-3-7-22-14;/h2,4-5,8,14,17H,3,6-7,9-11H2,1H3,(H,18,20)(H,19,21);1H. The van der Waals surface area contributed by atoms with Gasteiger partial charge in [-0.2, -0.15) is 0 Å². The minimum absolute atomic E-state index is 0. The minimum atomic E-state index is -0.112. The zero-order valence-corrected chi connectivity index (χ0v) is 14.1. The Kier molecular flexibility index (Phi) is 8.61. The summed E-state index contributed by atoms with van der Waals surface area (Å²) >= 11 is 0. The third kappa shape index (κ3) is 6.56. The molecule has 1 aliphatic heterocycles. The molecule has 1 atom stereocenters. The van der Waals surface area contributed by atoms with Gasteiger partial charge in [-0.3, -0.25) is 9.59 Å². The first kappa shape index (κ1) is 19.4. The molecule has 7 heteroatoms. The molecule has 128 valence electrons. The second-order valence-electron chi connectivity index (χ2n) is 5.35. The fourth-order valence-electron chi connectivity index (χ4n) is 2.36. The Morgan fingerprint density at radius 3 is 2.83 bits per heavy atom. The monoisotopic (exact) mass is 341 g/mol. The Morgan fingerprint density at radius 2 is 2.13 bits per heavy atom. The van der Waals surface area contributed by atoms with Crippen LogP contribution in [-0.2, 0) is 16.1 Å². The highest BCUT2D eigenvalue weighted by Gasteiger charge is 2.16. The van der Waals surface area contributed by atoms with Crippen LogP contribution < -0.4 is 16.0 Å². The van der Waals surface area contributed by atoms with Crippen molar-refractivity contribution < 1.29 is 14.3 Å². The second-order valence-corrected chi connectivity index (χ2v) is 5.35. The van der Waals surface area contributed by atoms with Gasteiger partial charge in [0.05, 0.1) is 12.6 Å². The van der Waals surface area contributed by atoms with Crippen molar-refractivity contribution in [3.05, 3.63) is 35.4 Å². The molecule has 0 aliphatic carbocycles. The van der Waals surface area contributed by atoms with Crippen LogP contribution in [0.25, 0.3) is 0 Å². The third-order valence-electron chi connectivity index (χ3n) is 3.53. The first-order chi connectivity index (χ1) is 10.7. The molecule has 1 saturated heterocycles. The number of rotatable bonds is 7. The van der Waals surface area contributed by atoms with Crippen LogP contribution in [0.4, 0.5) is 0 Å². The number of hydrogen-bond donors (Lipinski definition) is 3. The summed E-state index contributed by atoms with van der Waals surface area (Å²) in [7, 11) is 1.72. The maximum atomic E-state index is 12.1. The van der Waals surface area contributed by atoms with Gasteiger partial charge in [-0.15, -0.1) is 12.4 Å². The molecule has 3 N–H and O–H groups in total. The van der Waals surface area contributed by atoms with Crippen LogP contribution in [-0.4, -0.2) is 44.7 Å². The van der Waals surface area contributed by atoms with E-state index in [2.05, 4.69) is 16.0 Å². The normalized spacial score (nSPS) is 16.5. The molecule has 1 heterocycles. The van der Waals surface area contributed by atoms with Crippen molar-refractivity contribution in [3.63, 3.8) is 0 Å². The first-order valence-corrected chi connectivity index (χ1v) is 7.59. The van der Waals surface area contributed by atoms with Gasteiger partial charge in [0.15, 0.2) is 0 Å². The minimum Gasteiger partial charge on any atom is -0.376 e. The Balaban J connectivity index is 0.00000264. The Bertz CT molecular complexity index is 519. The van der Waals surface area contributed by atoms with Gasteiger partial charge in [0.2, 0.25) is 5.91 Å². The predicted octanol–water partition coefficient (Wildman–Crippen LogP) is 0.853. The number of hydrogen-bond acceptors (Lipinski definition) is 4. The summed E-state index contributed by atoms with van der Waals surface area (Å²) in [6.45, 7) is 2.01. The van der Waals surface area contributed by atoms with E-state index in [9.17, 15) is 9.59 Å². The van der Waals surface area contributed by atoms with Crippen LogP contribution in [0.2, 0.25) is 0 Å². The highest BCUT2D eigenvalue weighted by Crippen LogP contribution is 2.11. The molecule has 2 amide bonds. The van der Waals surface area contributed by atoms with Crippen LogP contribution in [0, 0.1) is 0 Å². The number of carbonyl (C=O) groups is 2. The number of ether oxygens (including phenoxy) is 1. The van der Waals surface area contributed by atoms with E-state index >= 15 is 0 Å². The average Bonchev–Trinajstić information content (AvgIpc) is 3.04. The molecule has 1 aromatic rings. The van der Waals surface area contributed by atoms with E-state index in [0.29, 0.717) is 18.7 Å². The molecular weight excluding hydrogens is 318 g/mol. The number of benzene rings is 1. The third-order valence-corrected chi connectivity index (χ3v) is 3.53. The lowest BCUT2D eigenvalue weighted by Gasteiger charge is -2.11. The number of amides is 2. The molecule has 1 unspecified atom stereocenters. The molecule has 0 aromatic heterocycles. The summed E-state index contributed by atoms with van der Waals surface area (Å²) in [5.74, 6) is -0.186. The van der Waals surface area contributed by atoms with Gasteiger partial charge in [0.25, 0.3) is 5.91 Å². The van der Waals surface area contributed by atoms with E-state index in [4.69, 9.17) is 4.74 Å². The van der Waals surface area contributed by atoms with Crippen molar-refractivity contribution in [1.82, 2.24) is 16.0 Å². The predicted molar refractivity (Wildman–Crippen MR) is 90.8 cm³/mol. The van der Waals surface area contributed by atoms with Crippen molar-refractivity contribution in [2.75, 3.05) is 26.7 Å². The summed E-state index contributed by atoms with van der Waals surface area (Å²) < 4.78 is 5.48. The van der Waals surface area contributed by atoms with Gasteiger partial charge >= 0.3 is 0 Å². The van der Waals surface area contributed by atoms with Crippen LogP contribution in [0.3, 0.4) is 0 Å². The van der Waals surface area contributed by atoms with E-state index in [-0.39, 0.29) is 36.9 Å². The van der Waals surface area contributed by atoms with Crippen LogP contribution in [0.15, 0.2) is 24.3 Å². The molecular formula is C16H24ClN3O3. The molecule has 0 spiro atoms. The lowest BCUT2D eigenvalue weighted by molar-refractivity contribution is -0.120. The van der Waals surface area contributed by atoms with Gasteiger partial charge < -0.3 is 20.7 Å². The van der Waals surface area contributed by atoms with Gasteiger partial charge in [-0.25, -0.2) is 0 Å². The fourth-order valence-corrected chi connectivity index (χ4v) is 2.36. The molecule has 1 fully saturated rings. The summed E-state index contributed by atoms with van der Waals surface area (Å²) in [5.41, 5.74) is 1.49. The lowest BCUT2D eigenvalue weighted by atomic mass is 10.1. The number of nitrogens with one attached hydrogen (secondary N) is 3. The van der Waals surface area contributed by atoms with E-state index in [0.717, 1.165) is 25.0 Å². The van der Waals surface area contributed by atoms with Crippen LogP contribution in [0.5, 0.6) is 0 Å². The average molecular weight is 342 g/mol. The first-order valence-electron chi connectivity index (χ1n) is 7.59. The van der Waals surface area contributed by atoms with Gasteiger partial charge in [0, 0.05) is 25.3 Å². The van der Waals surface area contributed by atoms with Crippen molar-refractivity contribution in [1.29, 1.82) is 0 Å². The quantitative estimate of drug-likeness (QED) is 0.687. The highest BCUT2D eigenvalue weighted by atomic mass is 35.5. The molecule has 23 heavy (non-hydrogen) atoms. The maximum absolute atomic E-state index is 12.1. The largest absolute Gasteiger partial charge is 0.376 e. The number of carbonyl (C=O) groups excluding carboxylic acids is 2. The lowest BCUT2D eigenvalue weighted by Crippen LogP contribution is -2.32. The fraction of sp³-hybridized carbons (Fsp3) is 0.500. The highest BCUT2D eigenvalue weighted by molar-refractivity contribution is 5.94. The van der Waals surface area contributed by atoms with Gasteiger partial charge in [0.1, 0.15) is 0 Å². The zero-order chi connectivity index (χ0) is 15.8. The van der Waals surface area contributed by atoms with Crippen molar-refractivity contribution >= 4 is 24.2 Å². The van der Waals surface area contributed by atoms with Crippen molar-refractivity contribution in [3.8, 4) is 0 Å². The number of likely N-dealkylation sites (N-methyl/N-ethyl adjacent to an activating group) is 1. The maximum Gasteiger partial charge on any atom is 0.251 e. The molecule has 0 bridgehead atoms. The van der Waals surface area contributed by atoms with Gasteiger partial charge in [-0.1, -0.05) is 12.1 Å². The summed E-state index contributed by atoms with van der Waals surface area (Å²) in [4.78, 5) is 23.5. The molecule has 1 aromatic carbocycles. The number of halogens is 1. The van der Waals surface area contributed by atoms with Crippen LogP contribution >= 0.6 is 12.4 Å². The van der Waals surface area contributed by atoms with Crippen LogP contribution in [0.1, 0.15) is 28.8 Å². The summed E-state index contributed by atoms with van der Waals surface area (Å²) in [6.07, 6.45) is 2.19. The Hall–Kier alpha value is -1.63. The van der Waals surface area contributed by atoms with E-state index in [1.54, 1.807) is 19.2 Å². The van der Waals surface area contributed by atoms with Crippen molar-refractivity contribution in [2.45, 2.75) is 25.5 Å². The van der Waals surface area contributed by atoms with E-state index < -0.39 is 0 Å². The molecule has 1 aliphatic rings. The summed E-state index contributed by atoms with van der Waals surface area (Å²) in [6, 6.07) is 7.27. The molecule has 6 nitrogen and oxygen atoms in total. The topological polar surface area (TPSA) is 79.5 Å². The Morgan fingerprint density at radius 1 is 1.30 bits per heavy atom.